The van der Waals surface area contributed by atoms with Crippen LogP contribution >= 0.6 is 0 Å². The molecule has 19 heteroatoms. The molecule has 6 amide bonds. The van der Waals surface area contributed by atoms with Gasteiger partial charge in [-0.2, -0.15) is 0 Å². The lowest BCUT2D eigenvalue weighted by Gasteiger charge is -2.35. The highest BCUT2D eigenvalue weighted by Gasteiger charge is 2.41. The van der Waals surface area contributed by atoms with E-state index in [4.69, 9.17) is 25.9 Å². The van der Waals surface area contributed by atoms with E-state index in [2.05, 4.69) is 26.1 Å². The second-order valence-corrected chi connectivity index (χ2v) is 19.4. The van der Waals surface area contributed by atoms with Crippen molar-refractivity contribution >= 4 is 53.3 Å². The largest absolute Gasteiger partial charge is 0.456 e. The Morgan fingerprint density at radius 2 is 1.63 bits per heavy atom. The molecular weight excluding hydrogens is 915 g/mol. The average Bonchev–Trinajstić information content (AvgIpc) is 3.32. The van der Waals surface area contributed by atoms with E-state index in [1.807, 2.05) is 20.8 Å². The molecule has 0 fully saturated rings. The van der Waals surface area contributed by atoms with Crippen molar-refractivity contribution in [3.8, 4) is 0 Å². The number of aliphatic hydroxyl groups is 1. The van der Waals surface area contributed by atoms with Crippen molar-refractivity contribution in [3.05, 3.63) is 64.5 Å². The Morgan fingerprint density at radius 3 is 2.21 bits per heavy atom. The third-order valence-corrected chi connectivity index (χ3v) is 12.6. The van der Waals surface area contributed by atoms with Crippen LogP contribution in [-0.4, -0.2) is 138 Å². The first-order valence-corrected chi connectivity index (χ1v) is 24.5. The maximum Gasteiger partial charge on any atom is 0.407 e. The molecule has 0 saturated carbocycles. The molecule has 5 N–H and O–H groups in total. The predicted molar refractivity (Wildman–Crippen MR) is 267 cm³/mol. The molecule has 1 aliphatic rings. The van der Waals surface area contributed by atoms with Crippen molar-refractivity contribution in [1.82, 2.24) is 31.1 Å². The normalized spacial score (nSPS) is 25.4. The number of ether oxygens (including phenoxy) is 3. The van der Waals surface area contributed by atoms with Crippen LogP contribution in [0.15, 0.2) is 47.6 Å². The first-order chi connectivity index (χ1) is 33.3. The highest BCUT2D eigenvalue weighted by Crippen LogP contribution is 2.27. The smallest absolute Gasteiger partial charge is 0.407 e. The summed E-state index contributed by atoms with van der Waals surface area (Å²) in [6.07, 6.45) is 1.29. The van der Waals surface area contributed by atoms with Crippen LogP contribution in [0.5, 0.6) is 0 Å². The average molecular weight is 994 g/mol. The second kappa shape index (κ2) is 29.1. The number of hydrogen-bond acceptors (Lipinski definition) is 12. The van der Waals surface area contributed by atoms with Crippen molar-refractivity contribution < 1.29 is 57.7 Å². The van der Waals surface area contributed by atoms with Gasteiger partial charge in [-0.3, -0.25) is 24.0 Å². The minimum Gasteiger partial charge on any atom is -0.456 e. The molecule has 394 valence electrons. The van der Waals surface area contributed by atoms with Gasteiger partial charge in [-0.25, -0.2) is 19.2 Å². The molecular formula is C52H79N7O12. The van der Waals surface area contributed by atoms with Crippen molar-refractivity contribution in [2.45, 2.75) is 163 Å². The zero-order valence-electron chi connectivity index (χ0n) is 44.0. The number of esters is 2. The van der Waals surface area contributed by atoms with Crippen LogP contribution < -0.4 is 21.3 Å². The number of nitrogens with zero attached hydrogens (tertiary/aromatic N) is 3. The standard InChI is InChI=1S/C52H79N7O12/c1-15-32(5)43-46(63)57-52(10,11)50(67)71-44(33(6)16-2)35(8)40(70-51(68)54-26-18-17-19-27-60)25-20-34(7)49(66)69-41(28-31(3)4)45(62)55-36(9)47(64)59(14)39(48(65)58(13)30-42(61)56-43)29-37-21-23-38(53-12)24-22-37/h16,20-24,31-32,35-36,39-41,43-44,60H,15,17-19,25-30H2,1-11,13-14H3,(H,54,68)(H,55,62)(H,56,61)(H,57,63)/b33-16+,34-20+/t32?,35-,36-,39+,40-,41+,43-,44+/m0/s1. The number of amides is 6. The summed E-state index contributed by atoms with van der Waals surface area (Å²) in [5.74, 6) is -6.52. The predicted octanol–water partition coefficient (Wildman–Crippen LogP) is 5.08. The molecule has 71 heavy (non-hydrogen) atoms. The topological polar surface area (TPSA) is 243 Å². The van der Waals surface area contributed by atoms with E-state index in [-0.39, 0.29) is 43.9 Å². The Kier molecular flexibility index (Phi) is 25.0. The summed E-state index contributed by atoms with van der Waals surface area (Å²) >= 11 is 0. The maximum absolute atomic E-state index is 14.4. The number of allylic oxidation sites excluding steroid dienone is 1. The lowest BCUT2D eigenvalue weighted by Crippen LogP contribution is -2.60. The van der Waals surface area contributed by atoms with Crippen molar-refractivity contribution in [2.24, 2.45) is 17.8 Å². The summed E-state index contributed by atoms with van der Waals surface area (Å²) in [6.45, 7) is 25.3. The zero-order chi connectivity index (χ0) is 53.7. The third kappa shape index (κ3) is 19.1. The number of likely N-dealkylation sites (N-methyl/N-ethyl adjacent to an activating group) is 2. The van der Waals surface area contributed by atoms with Gasteiger partial charge in [0.25, 0.3) is 5.91 Å². The van der Waals surface area contributed by atoms with Gasteiger partial charge in [-0.05, 0) is 90.2 Å². The van der Waals surface area contributed by atoms with Crippen LogP contribution in [0.25, 0.3) is 4.85 Å². The zero-order valence-corrected chi connectivity index (χ0v) is 44.0. The number of carbonyl (C=O) groups is 8. The number of benzene rings is 1. The second-order valence-electron chi connectivity index (χ2n) is 19.4. The van der Waals surface area contributed by atoms with Crippen molar-refractivity contribution in [2.75, 3.05) is 33.8 Å². The molecule has 1 aromatic rings. The van der Waals surface area contributed by atoms with Crippen LogP contribution in [-0.2, 0) is 54.2 Å². The van der Waals surface area contributed by atoms with Crippen LogP contribution in [0.1, 0.15) is 120 Å². The molecule has 0 aromatic heterocycles. The summed E-state index contributed by atoms with van der Waals surface area (Å²) in [7, 11) is 2.77. The van der Waals surface area contributed by atoms with Crippen LogP contribution in [0, 0.1) is 24.3 Å². The van der Waals surface area contributed by atoms with Gasteiger partial charge in [0.05, 0.1) is 13.1 Å². The first kappa shape index (κ1) is 60.8. The van der Waals surface area contributed by atoms with Gasteiger partial charge < -0.3 is 50.4 Å². The third-order valence-electron chi connectivity index (χ3n) is 12.6. The molecule has 0 aliphatic carbocycles. The minimum absolute atomic E-state index is 0.0161. The van der Waals surface area contributed by atoms with Gasteiger partial charge in [0.1, 0.15) is 35.9 Å². The van der Waals surface area contributed by atoms with E-state index >= 15 is 0 Å². The van der Waals surface area contributed by atoms with Gasteiger partial charge in [0.2, 0.25) is 23.6 Å². The van der Waals surface area contributed by atoms with E-state index in [0.29, 0.717) is 42.5 Å². The molecule has 0 spiro atoms. The molecule has 0 saturated heterocycles. The number of carbonyl (C=O) groups excluding carboxylic acids is 8. The number of nitrogens with one attached hydrogen (secondary N) is 4. The maximum atomic E-state index is 14.4. The number of rotatable bonds is 13. The molecule has 0 bridgehead atoms. The lowest BCUT2D eigenvalue weighted by molar-refractivity contribution is -0.160. The van der Waals surface area contributed by atoms with E-state index in [0.717, 1.165) is 4.90 Å². The molecule has 2 rings (SSSR count). The Bertz CT molecular complexity index is 2110. The van der Waals surface area contributed by atoms with Crippen molar-refractivity contribution in [3.63, 3.8) is 0 Å². The number of unbranched alkanes of at least 4 members (excludes halogenated alkanes) is 2. The fourth-order valence-corrected chi connectivity index (χ4v) is 7.68. The van der Waals surface area contributed by atoms with Crippen LogP contribution in [0.3, 0.4) is 0 Å². The van der Waals surface area contributed by atoms with Crippen LogP contribution in [0.4, 0.5) is 10.5 Å². The molecule has 19 nitrogen and oxygen atoms in total. The van der Waals surface area contributed by atoms with E-state index in [9.17, 15) is 38.4 Å². The fourth-order valence-electron chi connectivity index (χ4n) is 7.68. The van der Waals surface area contributed by atoms with Gasteiger partial charge >= 0.3 is 18.0 Å². The summed E-state index contributed by atoms with van der Waals surface area (Å²) in [5, 5.41) is 20.0. The molecule has 1 aliphatic heterocycles. The number of alkyl carbamates (subject to hydrolysis) is 1. The van der Waals surface area contributed by atoms with E-state index < -0.39 is 108 Å². The Balaban J connectivity index is 2.77. The Morgan fingerprint density at radius 1 is 0.986 bits per heavy atom. The van der Waals surface area contributed by atoms with E-state index in [1.54, 1.807) is 58.0 Å². The Hall–Kier alpha value is -6.29. The van der Waals surface area contributed by atoms with Crippen molar-refractivity contribution in [1.29, 1.82) is 0 Å². The molecule has 1 heterocycles. The highest BCUT2D eigenvalue weighted by molar-refractivity contribution is 5.96. The highest BCUT2D eigenvalue weighted by atomic mass is 16.6. The van der Waals surface area contributed by atoms with Crippen LogP contribution in [0.2, 0.25) is 0 Å². The summed E-state index contributed by atoms with van der Waals surface area (Å²) < 4.78 is 17.9. The van der Waals surface area contributed by atoms with E-state index in [1.165, 1.54) is 52.8 Å². The Labute approximate surface area is 420 Å². The SMILES string of the molecule is [C-]#[N+]c1ccc(C[C@@H]2C(=O)N(C)CC(=O)N[C@@H](C(C)CC)C(=O)NC(C)(C)C(=O)O[C@H](/C(C)=C/C)[C@@H](C)[C@@H](OC(=O)NCCCCCO)C/C=C(\C)C(=O)O[C@H](CC(C)C)C(=O)N[C@@H](C)C(=O)N2C)cc1. The lowest BCUT2D eigenvalue weighted by atomic mass is 9.90. The molecule has 1 unspecified atom stereocenters. The monoisotopic (exact) mass is 994 g/mol. The number of aliphatic hydroxyl groups excluding tert-OH is 1. The summed E-state index contributed by atoms with van der Waals surface area (Å²) in [4.78, 5) is 117. The van der Waals surface area contributed by atoms with Gasteiger partial charge in [-0.15, -0.1) is 0 Å². The molecule has 8 atom stereocenters. The summed E-state index contributed by atoms with van der Waals surface area (Å²) in [6, 6.07) is 2.83. The summed E-state index contributed by atoms with van der Waals surface area (Å²) in [5.41, 5.74) is -0.0590. The first-order valence-electron chi connectivity index (χ1n) is 24.5. The van der Waals surface area contributed by atoms with Gasteiger partial charge in [0.15, 0.2) is 11.8 Å². The molecule has 0 radical (unpaired) electrons. The van der Waals surface area contributed by atoms with Gasteiger partial charge in [0, 0.05) is 51.6 Å². The molecule has 1 aromatic carbocycles. The number of cyclic esters (lactones) is 2. The van der Waals surface area contributed by atoms with Gasteiger partial charge in [-0.1, -0.05) is 77.5 Å². The quantitative estimate of drug-likeness (QED) is 0.0572. The minimum atomic E-state index is -1.67. The fraction of sp³-hybridized carbons (Fsp3) is 0.635. The number of hydrogen-bond donors (Lipinski definition) is 5.